The Morgan fingerprint density at radius 2 is 1.68 bits per heavy atom. The Bertz CT molecular complexity index is 826. The maximum atomic E-state index is 13.4. The molecule has 0 saturated carbocycles. The average Bonchev–Trinajstić information content (AvgIpc) is 2.73. The van der Waals surface area contributed by atoms with Gasteiger partial charge in [0.15, 0.2) is 11.5 Å². The van der Waals surface area contributed by atoms with Crippen LogP contribution in [-0.2, 0) is 10.0 Å². The summed E-state index contributed by atoms with van der Waals surface area (Å²) in [5, 5.41) is 0. The maximum absolute atomic E-state index is 13.4. The molecule has 154 valence electrons. The van der Waals surface area contributed by atoms with Crippen LogP contribution in [0.1, 0.15) is 45.4 Å². The summed E-state index contributed by atoms with van der Waals surface area (Å²) in [6, 6.07) is 8.16. The fourth-order valence-corrected chi connectivity index (χ4v) is 4.53. The van der Waals surface area contributed by atoms with Crippen molar-refractivity contribution in [2.45, 2.75) is 50.3 Å². The van der Waals surface area contributed by atoms with Crippen LogP contribution < -0.4 is 13.8 Å². The Morgan fingerprint density at radius 3 is 2.32 bits per heavy atom. The van der Waals surface area contributed by atoms with E-state index in [1.807, 2.05) is 0 Å². The molecule has 1 aromatic heterocycles. The molecular weight excluding hydrogens is 376 g/mol. The number of hydrogen-bond acceptors (Lipinski definition) is 5. The highest BCUT2D eigenvalue weighted by atomic mass is 32.2. The van der Waals surface area contributed by atoms with Crippen molar-refractivity contribution in [2.24, 2.45) is 0 Å². The molecule has 0 N–H and O–H groups in total. The molecule has 0 amide bonds. The third kappa shape index (κ3) is 5.61. The topological polar surface area (TPSA) is 68.7 Å². The Balaban J connectivity index is 2.26. The van der Waals surface area contributed by atoms with Gasteiger partial charge in [-0.3, -0.25) is 9.29 Å². The molecule has 2 rings (SSSR count). The van der Waals surface area contributed by atoms with Gasteiger partial charge < -0.3 is 9.47 Å². The molecule has 0 spiro atoms. The molecule has 2 aromatic rings. The normalized spacial score (nSPS) is 11.2. The van der Waals surface area contributed by atoms with Gasteiger partial charge in [-0.1, -0.05) is 39.0 Å². The summed E-state index contributed by atoms with van der Waals surface area (Å²) in [4.78, 5) is 4.26. The van der Waals surface area contributed by atoms with Crippen LogP contribution in [0.25, 0.3) is 0 Å². The summed E-state index contributed by atoms with van der Waals surface area (Å²) < 4.78 is 38.7. The number of methoxy groups -OCH3 is 2. The second kappa shape index (κ2) is 10.9. The molecule has 1 heterocycles. The number of anilines is 1. The van der Waals surface area contributed by atoms with Crippen LogP contribution >= 0.6 is 0 Å². The van der Waals surface area contributed by atoms with Crippen molar-refractivity contribution in [3.63, 3.8) is 0 Å². The highest BCUT2D eigenvalue weighted by molar-refractivity contribution is 7.92. The van der Waals surface area contributed by atoms with Crippen molar-refractivity contribution >= 4 is 15.7 Å². The van der Waals surface area contributed by atoms with Gasteiger partial charge in [-0.25, -0.2) is 8.42 Å². The van der Waals surface area contributed by atoms with Crippen LogP contribution in [0.3, 0.4) is 0 Å². The maximum Gasteiger partial charge on any atom is 0.264 e. The van der Waals surface area contributed by atoms with Gasteiger partial charge in [0.1, 0.15) is 0 Å². The summed E-state index contributed by atoms with van der Waals surface area (Å²) in [5.74, 6) is 0.875. The predicted octanol–water partition coefficient (Wildman–Crippen LogP) is 4.65. The Kier molecular flexibility index (Phi) is 8.57. The first-order valence-electron chi connectivity index (χ1n) is 9.69. The number of benzene rings is 1. The number of rotatable bonds is 12. The zero-order chi connectivity index (χ0) is 20.4. The Morgan fingerprint density at radius 1 is 0.964 bits per heavy atom. The standard InChI is InChI=1S/C21H30N2O4S/c1-4-5-6-7-8-9-15-23(18-11-10-14-22-17-18)28(24,25)19-12-13-20(26-2)21(16-19)27-3/h10-14,16-17H,4-9,15H2,1-3H3. The van der Waals surface area contributed by atoms with Crippen molar-refractivity contribution in [3.05, 3.63) is 42.7 Å². The summed E-state index contributed by atoms with van der Waals surface area (Å²) in [6.07, 6.45) is 9.72. The average molecular weight is 407 g/mol. The van der Waals surface area contributed by atoms with Crippen LogP contribution in [0.5, 0.6) is 11.5 Å². The molecule has 0 unspecified atom stereocenters. The minimum absolute atomic E-state index is 0.167. The van der Waals surface area contributed by atoms with Gasteiger partial charge in [-0.05, 0) is 30.7 Å². The number of hydrogen-bond donors (Lipinski definition) is 0. The lowest BCUT2D eigenvalue weighted by molar-refractivity contribution is 0.354. The van der Waals surface area contributed by atoms with E-state index in [1.54, 1.807) is 36.7 Å². The van der Waals surface area contributed by atoms with Gasteiger partial charge in [0.2, 0.25) is 0 Å². The highest BCUT2D eigenvalue weighted by Crippen LogP contribution is 2.32. The number of pyridine rings is 1. The van der Waals surface area contributed by atoms with E-state index in [2.05, 4.69) is 11.9 Å². The van der Waals surface area contributed by atoms with E-state index in [1.165, 1.54) is 43.9 Å². The van der Waals surface area contributed by atoms with Crippen molar-refractivity contribution in [2.75, 3.05) is 25.1 Å². The van der Waals surface area contributed by atoms with Crippen LogP contribution in [-0.4, -0.2) is 34.2 Å². The molecule has 0 bridgehead atoms. The molecule has 0 aliphatic rings. The molecule has 0 atom stereocenters. The second-order valence-electron chi connectivity index (χ2n) is 6.57. The number of aromatic nitrogens is 1. The SMILES string of the molecule is CCCCCCCCN(c1cccnc1)S(=O)(=O)c1ccc(OC)c(OC)c1. The first-order chi connectivity index (χ1) is 13.5. The fraction of sp³-hybridized carbons (Fsp3) is 0.476. The Labute approximate surface area is 168 Å². The molecule has 0 saturated heterocycles. The minimum atomic E-state index is -3.75. The fourth-order valence-electron chi connectivity index (χ4n) is 3.03. The first-order valence-corrected chi connectivity index (χ1v) is 11.1. The third-order valence-corrected chi connectivity index (χ3v) is 6.41. The smallest absolute Gasteiger partial charge is 0.264 e. The summed E-state index contributed by atoms with van der Waals surface area (Å²) >= 11 is 0. The van der Waals surface area contributed by atoms with E-state index < -0.39 is 10.0 Å². The van der Waals surface area contributed by atoms with Crippen molar-refractivity contribution < 1.29 is 17.9 Å². The van der Waals surface area contributed by atoms with E-state index in [0.717, 1.165) is 19.3 Å². The van der Waals surface area contributed by atoms with E-state index >= 15 is 0 Å². The van der Waals surface area contributed by atoms with Gasteiger partial charge in [-0.15, -0.1) is 0 Å². The van der Waals surface area contributed by atoms with E-state index in [-0.39, 0.29) is 4.90 Å². The van der Waals surface area contributed by atoms with Crippen LogP contribution in [0.2, 0.25) is 0 Å². The largest absolute Gasteiger partial charge is 0.493 e. The molecule has 0 aliphatic carbocycles. The molecule has 6 nitrogen and oxygen atoms in total. The predicted molar refractivity (Wildman–Crippen MR) is 112 cm³/mol. The van der Waals surface area contributed by atoms with Crippen molar-refractivity contribution in [1.29, 1.82) is 0 Å². The van der Waals surface area contributed by atoms with Gasteiger partial charge in [-0.2, -0.15) is 0 Å². The van der Waals surface area contributed by atoms with Gasteiger partial charge >= 0.3 is 0 Å². The minimum Gasteiger partial charge on any atom is -0.493 e. The number of sulfonamides is 1. The molecule has 0 radical (unpaired) electrons. The monoisotopic (exact) mass is 406 g/mol. The van der Waals surface area contributed by atoms with Crippen LogP contribution in [0.4, 0.5) is 5.69 Å². The van der Waals surface area contributed by atoms with Gasteiger partial charge in [0, 0.05) is 18.8 Å². The van der Waals surface area contributed by atoms with Crippen LogP contribution in [0, 0.1) is 0 Å². The lowest BCUT2D eigenvalue weighted by atomic mass is 10.1. The van der Waals surface area contributed by atoms with Crippen LogP contribution in [0.15, 0.2) is 47.6 Å². The van der Waals surface area contributed by atoms with Gasteiger partial charge in [0.25, 0.3) is 10.0 Å². The Hall–Kier alpha value is -2.28. The van der Waals surface area contributed by atoms with E-state index in [0.29, 0.717) is 23.7 Å². The van der Waals surface area contributed by atoms with E-state index in [9.17, 15) is 8.42 Å². The zero-order valence-electron chi connectivity index (χ0n) is 16.9. The third-order valence-electron chi connectivity index (χ3n) is 4.59. The summed E-state index contributed by atoms with van der Waals surface area (Å²) in [6.45, 7) is 2.59. The lowest BCUT2D eigenvalue weighted by Crippen LogP contribution is -2.32. The van der Waals surface area contributed by atoms with E-state index in [4.69, 9.17) is 9.47 Å². The number of ether oxygens (including phenoxy) is 2. The molecule has 0 fully saturated rings. The quantitative estimate of drug-likeness (QED) is 0.480. The second-order valence-corrected chi connectivity index (χ2v) is 8.44. The summed E-state index contributed by atoms with van der Waals surface area (Å²) in [5.41, 5.74) is 0.561. The summed E-state index contributed by atoms with van der Waals surface area (Å²) in [7, 11) is -0.741. The zero-order valence-corrected chi connectivity index (χ0v) is 17.7. The number of unbranched alkanes of at least 4 members (excludes halogenated alkanes) is 5. The van der Waals surface area contributed by atoms with Gasteiger partial charge in [0.05, 0.1) is 31.0 Å². The molecular formula is C21H30N2O4S. The molecule has 0 aliphatic heterocycles. The number of nitrogens with zero attached hydrogens (tertiary/aromatic N) is 2. The lowest BCUT2D eigenvalue weighted by Gasteiger charge is -2.24. The van der Waals surface area contributed by atoms with Crippen molar-refractivity contribution in [3.8, 4) is 11.5 Å². The molecule has 28 heavy (non-hydrogen) atoms. The first kappa shape index (κ1) is 22.0. The highest BCUT2D eigenvalue weighted by Gasteiger charge is 2.26. The molecule has 7 heteroatoms. The molecule has 1 aromatic carbocycles. The van der Waals surface area contributed by atoms with Crippen molar-refractivity contribution in [1.82, 2.24) is 4.98 Å².